The Hall–Kier alpha value is -2.71. The van der Waals surface area contributed by atoms with E-state index in [9.17, 15) is 9.59 Å². The summed E-state index contributed by atoms with van der Waals surface area (Å²) in [7, 11) is 0. The van der Waals surface area contributed by atoms with Gasteiger partial charge in [0, 0.05) is 25.2 Å². The summed E-state index contributed by atoms with van der Waals surface area (Å²) in [6, 6.07) is 1.78. The molecule has 24 heavy (non-hydrogen) atoms. The number of carbonyl (C=O) groups is 1. The average molecular weight is 329 g/mol. The Morgan fingerprint density at radius 1 is 1.33 bits per heavy atom. The van der Waals surface area contributed by atoms with Crippen LogP contribution >= 0.6 is 0 Å². The molecule has 2 aliphatic rings. The molecule has 1 saturated carbocycles. The van der Waals surface area contributed by atoms with Crippen LogP contribution in [0.2, 0.25) is 0 Å². The second-order valence-corrected chi connectivity index (χ2v) is 6.25. The first-order valence-corrected chi connectivity index (χ1v) is 8.16. The molecule has 2 aromatic heterocycles. The minimum atomic E-state index is -0.0837. The summed E-state index contributed by atoms with van der Waals surface area (Å²) in [6.45, 7) is 1.94. The van der Waals surface area contributed by atoms with Gasteiger partial charge in [-0.3, -0.25) is 9.36 Å². The molecule has 9 nitrogen and oxygen atoms in total. The molecular formula is C15H19N7O2. The molecule has 2 aromatic rings. The minimum absolute atomic E-state index is 0.0677. The summed E-state index contributed by atoms with van der Waals surface area (Å²) in [4.78, 5) is 34.9. The molecule has 4 rings (SSSR count). The Labute approximate surface area is 138 Å². The maximum absolute atomic E-state index is 12.4. The van der Waals surface area contributed by atoms with Gasteiger partial charge in [0.15, 0.2) is 0 Å². The summed E-state index contributed by atoms with van der Waals surface area (Å²) in [5.74, 6) is 0.626. The average Bonchev–Trinajstić information content (AvgIpc) is 3.27. The number of aromatic nitrogens is 5. The molecule has 0 aromatic carbocycles. The van der Waals surface area contributed by atoms with Gasteiger partial charge in [-0.2, -0.15) is 5.10 Å². The minimum Gasteiger partial charge on any atom is -0.335 e. The molecule has 0 spiro atoms. The lowest BCUT2D eigenvalue weighted by Crippen LogP contribution is -2.41. The van der Waals surface area contributed by atoms with Crippen LogP contribution in [0.1, 0.15) is 30.8 Å². The van der Waals surface area contributed by atoms with Crippen LogP contribution < -0.4 is 10.9 Å². The monoisotopic (exact) mass is 329 g/mol. The van der Waals surface area contributed by atoms with E-state index in [1.165, 1.54) is 12.4 Å². The highest BCUT2D eigenvalue weighted by Crippen LogP contribution is 2.19. The van der Waals surface area contributed by atoms with Gasteiger partial charge < -0.3 is 10.2 Å². The number of urea groups is 1. The highest BCUT2D eigenvalue weighted by Gasteiger charge is 2.27. The van der Waals surface area contributed by atoms with Crippen molar-refractivity contribution < 1.29 is 4.79 Å². The summed E-state index contributed by atoms with van der Waals surface area (Å²) in [5.41, 5.74) is 0.542. The number of fused-ring (bicyclic) bond motifs is 1. The number of carbonyl (C=O) groups excluding carboxylic acids is 1. The molecule has 1 aliphatic heterocycles. The highest BCUT2D eigenvalue weighted by atomic mass is 16.2. The molecule has 0 bridgehead atoms. The van der Waals surface area contributed by atoms with Crippen LogP contribution in [0.15, 0.2) is 23.5 Å². The summed E-state index contributed by atoms with van der Waals surface area (Å²) in [5, 5.41) is 7.03. The summed E-state index contributed by atoms with van der Waals surface area (Å²) in [6.07, 6.45) is 5.88. The zero-order chi connectivity index (χ0) is 16.5. The second-order valence-electron chi connectivity index (χ2n) is 6.25. The summed E-state index contributed by atoms with van der Waals surface area (Å²) < 4.78 is 3.28. The molecule has 1 aliphatic carbocycles. The lowest BCUT2D eigenvalue weighted by atomic mass is 10.3. The van der Waals surface area contributed by atoms with Crippen LogP contribution in [0.4, 0.5) is 4.79 Å². The Morgan fingerprint density at radius 2 is 2.21 bits per heavy atom. The molecule has 126 valence electrons. The Balaban J connectivity index is 1.58. The number of hydrogen-bond donors (Lipinski definition) is 1. The lowest BCUT2D eigenvalue weighted by molar-refractivity contribution is 0.195. The van der Waals surface area contributed by atoms with Crippen LogP contribution in [-0.4, -0.2) is 47.8 Å². The van der Waals surface area contributed by atoms with Crippen molar-refractivity contribution in [2.45, 2.75) is 44.9 Å². The molecule has 2 amide bonds. The van der Waals surface area contributed by atoms with Crippen molar-refractivity contribution in [2.24, 2.45) is 0 Å². The first-order valence-electron chi connectivity index (χ1n) is 8.16. The molecule has 0 radical (unpaired) electrons. The lowest BCUT2D eigenvalue weighted by Gasteiger charge is -2.20. The Bertz CT molecular complexity index is 795. The fourth-order valence-electron chi connectivity index (χ4n) is 2.86. The first kappa shape index (κ1) is 14.9. The van der Waals surface area contributed by atoms with Crippen molar-refractivity contribution in [1.29, 1.82) is 0 Å². The van der Waals surface area contributed by atoms with Gasteiger partial charge in [0.05, 0.1) is 18.8 Å². The van der Waals surface area contributed by atoms with E-state index < -0.39 is 0 Å². The van der Waals surface area contributed by atoms with Gasteiger partial charge in [0.1, 0.15) is 18.5 Å². The fourth-order valence-corrected chi connectivity index (χ4v) is 2.86. The van der Waals surface area contributed by atoms with Gasteiger partial charge in [0.2, 0.25) is 0 Å². The van der Waals surface area contributed by atoms with E-state index in [2.05, 4.69) is 20.4 Å². The first-order chi connectivity index (χ1) is 11.7. The quantitative estimate of drug-likeness (QED) is 0.852. The van der Waals surface area contributed by atoms with E-state index in [-0.39, 0.29) is 11.6 Å². The van der Waals surface area contributed by atoms with E-state index in [0.29, 0.717) is 43.7 Å². The second kappa shape index (κ2) is 6.06. The maximum Gasteiger partial charge on any atom is 0.318 e. The van der Waals surface area contributed by atoms with Crippen LogP contribution in [0.25, 0.3) is 0 Å². The van der Waals surface area contributed by atoms with Crippen molar-refractivity contribution in [1.82, 2.24) is 34.5 Å². The Kier molecular flexibility index (Phi) is 3.75. The predicted octanol–water partition coefficient (Wildman–Crippen LogP) is -0.0392. The highest BCUT2D eigenvalue weighted by molar-refractivity contribution is 5.74. The molecule has 1 fully saturated rings. The van der Waals surface area contributed by atoms with Crippen molar-refractivity contribution in [3.63, 3.8) is 0 Å². The van der Waals surface area contributed by atoms with E-state index in [1.54, 1.807) is 20.5 Å². The van der Waals surface area contributed by atoms with Gasteiger partial charge >= 0.3 is 6.03 Å². The van der Waals surface area contributed by atoms with E-state index in [0.717, 1.165) is 19.3 Å². The SMILES string of the molecule is O=C(NC1CC1)N1CCCn2c(nc(Cn3cncn3)cc2=O)C1. The number of amides is 2. The third-order valence-electron chi connectivity index (χ3n) is 4.27. The van der Waals surface area contributed by atoms with Crippen LogP contribution in [0.5, 0.6) is 0 Å². The standard InChI is InChI=1S/C15H19N7O2/c23-14-6-12(7-21-10-16-9-17-21)18-13-8-20(4-1-5-22(13)14)15(24)19-11-2-3-11/h6,9-11H,1-5,7-8H2,(H,19,24). The van der Waals surface area contributed by atoms with Gasteiger partial charge in [-0.15, -0.1) is 0 Å². The van der Waals surface area contributed by atoms with Crippen molar-refractivity contribution in [3.05, 3.63) is 40.6 Å². The van der Waals surface area contributed by atoms with Crippen molar-refractivity contribution in [3.8, 4) is 0 Å². The molecule has 0 saturated heterocycles. The smallest absolute Gasteiger partial charge is 0.318 e. The summed E-state index contributed by atoms with van der Waals surface area (Å²) >= 11 is 0. The third-order valence-corrected chi connectivity index (χ3v) is 4.27. The van der Waals surface area contributed by atoms with Crippen LogP contribution in [0.3, 0.4) is 0 Å². The largest absolute Gasteiger partial charge is 0.335 e. The Morgan fingerprint density at radius 3 is 2.96 bits per heavy atom. The molecule has 3 heterocycles. The molecule has 9 heteroatoms. The van der Waals surface area contributed by atoms with Crippen molar-refractivity contribution in [2.75, 3.05) is 6.54 Å². The third kappa shape index (κ3) is 3.15. The number of hydrogen-bond acceptors (Lipinski definition) is 5. The topological polar surface area (TPSA) is 97.9 Å². The molecule has 0 unspecified atom stereocenters. The number of rotatable bonds is 3. The van der Waals surface area contributed by atoms with E-state index in [1.807, 2.05) is 0 Å². The zero-order valence-corrected chi connectivity index (χ0v) is 13.3. The normalized spacial score (nSPS) is 17.2. The van der Waals surface area contributed by atoms with E-state index >= 15 is 0 Å². The van der Waals surface area contributed by atoms with Crippen LogP contribution in [0, 0.1) is 0 Å². The van der Waals surface area contributed by atoms with Crippen LogP contribution in [-0.2, 0) is 19.6 Å². The van der Waals surface area contributed by atoms with E-state index in [4.69, 9.17) is 0 Å². The van der Waals surface area contributed by atoms with Crippen molar-refractivity contribution >= 4 is 6.03 Å². The maximum atomic E-state index is 12.4. The van der Waals surface area contributed by atoms with Gasteiger partial charge in [-0.1, -0.05) is 0 Å². The molecule has 0 atom stereocenters. The van der Waals surface area contributed by atoms with Gasteiger partial charge in [0.25, 0.3) is 5.56 Å². The zero-order valence-electron chi connectivity index (χ0n) is 13.3. The number of nitrogens with zero attached hydrogens (tertiary/aromatic N) is 6. The number of nitrogens with one attached hydrogen (secondary N) is 1. The molecular weight excluding hydrogens is 310 g/mol. The van der Waals surface area contributed by atoms with Gasteiger partial charge in [-0.25, -0.2) is 19.4 Å². The predicted molar refractivity (Wildman–Crippen MR) is 84.2 cm³/mol. The molecule has 1 N–H and O–H groups in total. The fraction of sp³-hybridized carbons (Fsp3) is 0.533. The van der Waals surface area contributed by atoms with Gasteiger partial charge in [-0.05, 0) is 19.3 Å².